The largest absolute Gasteiger partial charge is 0.367 e. The number of benzene rings is 2. The van der Waals surface area contributed by atoms with Crippen LogP contribution in [-0.2, 0) is 6.54 Å². The molecular formula is C20H18N2OS2. The summed E-state index contributed by atoms with van der Waals surface area (Å²) in [5.41, 5.74) is 1.84. The molecule has 0 amide bonds. The van der Waals surface area contributed by atoms with Gasteiger partial charge in [-0.2, -0.15) is 0 Å². The molecule has 0 radical (unpaired) electrons. The predicted molar refractivity (Wildman–Crippen MR) is 109 cm³/mol. The van der Waals surface area contributed by atoms with Gasteiger partial charge in [0.05, 0.1) is 0 Å². The summed E-state index contributed by atoms with van der Waals surface area (Å²) in [5.74, 6) is 0.818. The fraction of sp³-hybridized carbons (Fsp3) is 0.150. The first kappa shape index (κ1) is 17.6. The van der Waals surface area contributed by atoms with Crippen LogP contribution in [0.3, 0.4) is 0 Å². The van der Waals surface area contributed by atoms with E-state index in [9.17, 15) is 4.79 Å². The third-order valence-corrected chi connectivity index (χ3v) is 5.11. The maximum absolute atomic E-state index is 12.4. The Bertz CT molecular complexity index is 881. The Hall–Kier alpha value is -2.24. The van der Waals surface area contributed by atoms with Gasteiger partial charge in [0.1, 0.15) is 4.32 Å². The second-order valence-electron chi connectivity index (χ2n) is 5.59. The van der Waals surface area contributed by atoms with E-state index in [4.69, 9.17) is 12.2 Å². The maximum atomic E-state index is 12.4. The van der Waals surface area contributed by atoms with Gasteiger partial charge in [0.25, 0.3) is 0 Å². The van der Waals surface area contributed by atoms with Crippen LogP contribution in [-0.4, -0.2) is 20.8 Å². The Balaban J connectivity index is 1.46. The number of hydrogen-bond acceptors (Lipinski definition) is 4. The van der Waals surface area contributed by atoms with Crippen molar-refractivity contribution >= 4 is 44.9 Å². The first-order valence-corrected chi connectivity index (χ1v) is 9.43. The van der Waals surface area contributed by atoms with Gasteiger partial charge in [-0.25, -0.2) is 0 Å². The second-order valence-corrected chi connectivity index (χ2v) is 7.36. The van der Waals surface area contributed by atoms with Crippen molar-refractivity contribution in [2.75, 3.05) is 5.75 Å². The zero-order valence-electron chi connectivity index (χ0n) is 13.6. The van der Waals surface area contributed by atoms with E-state index in [-0.39, 0.29) is 5.78 Å². The van der Waals surface area contributed by atoms with Crippen molar-refractivity contribution in [2.24, 2.45) is 0 Å². The number of rotatable bonds is 6. The molecule has 0 spiro atoms. The van der Waals surface area contributed by atoms with Crippen LogP contribution < -0.4 is 5.32 Å². The Labute approximate surface area is 156 Å². The number of nitrogens with zero attached hydrogens (tertiary/aromatic N) is 1. The molecule has 0 aliphatic heterocycles. The van der Waals surface area contributed by atoms with Crippen molar-refractivity contribution in [3.8, 4) is 0 Å². The minimum atomic E-state index is 0.147. The molecule has 126 valence electrons. The van der Waals surface area contributed by atoms with Crippen molar-refractivity contribution in [3.05, 3.63) is 78.1 Å². The summed E-state index contributed by atoms with van der Waals surface area (Å²) < 4.78 is 0.704. The summed E-state index contributed by atoms with van der Waals surface area (Å²) in [4.78, 5) is 16.4. The van der Waals surface area contributed by atoms with Crippen molar-refractivity contribution in [2.45, 2.75) is 13.0 Å². The highest BCUT2D eigenvalue weighted by Crippen LogP contribution is 2.17. The van der Waals surface area contributed by atoms with Crippen LogP contribution in [0.15, 0.2) is 67.0 Å². The smallest absolute Gasteiger partial charge is 0.163 e. The van der Waals surface area contributed by atoms with E-state index in [0.717, 1.165) is 21.9 Å². The first-order valence-electron chi connectivity index (χ1n) is 8.04. The predicted octanol–water partition coefficient (Wildman–Crippen LogP) is 4.62. The average molecular weight is 367 g/mol. The molecule has 0 aliphatic carbocycles. The molecule has 0 saturated heterocycles. The Morgan fingerprint density at radius 2 is 1.92 bits per heavy atom. The van der Waals surface area contributed by atoms with E-state index >= 15 is 0 Å². The van der Waals surface area contributed by atoms with E-state index in [1.807, 2.05) is 60.8 Å². The Morgan fingerprint density at radius 1 is 1.08 bits per heavy atom. The molecule has 3 aromatic rings. The van der Waals surface area contributed by atoms with Crippen LogP contribution >= 0.6 is 24.0 Å². The SMILES string of the molecule is O=C(CCSC(=S)NCc1cccnc1)c1ccc2ccccc2c1. The Morgan fingerprint density at radius 3 is 2.72 bits per heavy atom. The fourth-order valence-electron chi connectivity index (χ4n) is 2.47. The minimum Gasteiger partial charge on any atom is -0.367 e. The topological polar surface area (TPSA) is 42.0 Å². The summed E-state index contributed by atoms with van der Waals surface area (Å²) >= 11 is 6.81. The number of nitrogens with one attached hydrogen (secondary N) is 1. The van der Waals surface area contributed by atoms with Crippen molar-refractivity contribution in [3.63, 3.8) is 0 Å². The number of pyridine rings is 1. The highest BCUT2D eigenvalue weighted by atomic mass is 32.2. The van der Waals surface area contributed by atoms with Gasteiger partial charge in [-0.15, -0.1) is 0 Å². The van der Waals surface area contributed by atoms with E-state index in [1.54, 1.807) is 6.20 Å². The van der Waals surface area contributed by atoms with Crippen LogP contribution in [0.25, 0.3) is 10.8 Å². The molecule has 1 aromatic heterocycles. The molecule has 0 bridgehead atoms. The number of carbonyl (C=O) groups is 1. The van der Waals surface area contributed by atoms with Gasteiger partial charge < -0.3 is 5.32 Å². The molecular weight excluding hydrogens is 348 g/mol. The number of thiocarbonyl (C=S) groups is 1. The molecule has 25 heavy (non-hydrogen) atoms. The van der Waals surface area contributed by atoms with E-state index < -0.39 is 0 Å². The highest BCUT2D eigenvalue weighted by molar-refractivity contribution is 8.22. The van der Waals surface area contributed by atoms with E-state index in [1.165, 1.54) is 11.8 Å². The summed E-state index contributed by atoms with van der Waals surface area (Å²) in [6, 6.07) is 17.8. The van der Waals surface area contributed by atoms with Crippen LogP contribution in [0.2, 0.25) is 0 Å². The molecule has 0 saturated carbocycles. The normalized spacial score (nSPS) is 10.6. The zero-order chi connectivity index (χ0) is 17.5. The van der Waals surface area contributed by atoms with Crippen LogP contribution in [0, 0.1) is 0 Å². The standard InChI is InChI=1S/C20H18N2OS2/c23-19(18-8-7-16-5-1-2-6-17(16)12-18)9-11-25-20(24)22-14-15-4-3-10-21-13-15/h1-8,10,12-13H,9,11,14H2,(H,22,24). The monoisotopic (exact) mass is 366 g/mol. The number of ketones is 1. The Kier molecular flexibility index (Phi) is 6.14. The quantitative estimate of drug-likeness (QED) is 0.509. The second kappa shape index (κ2) is 8.74. The number of fused-ring (bicyclic) bond motifs is 1. The molecule has 1 heterocycles. The van der Waals surface area contributed by atoms with Crippen LogP contribution in [0.4, 0.5) is 0 Å². The molecule has 1 N–H and O–H groups in total. The summed E-state index contributed by atoms with van der Waals surface area (Å²) in [6.45, 7) is 0.651. The summed E-state index contributed by atoms with van der Waals surface area (Å²) in [7, 11) is 0. The molecule has 3 nitrogen and oxygen atoms in total. The van der Waals surface area contributed by atoms with Crippen LogP contribution in [0.1, 0.15) is 22.3 Å². The average Bonchev–Trinajstić information content (AvgIpc) is 2.66. The van der Waals surface area contributed by atoms with E-state index in [0.29, 0.717) is 23.0 Å². The highest BCUT2D eigenvalue weighted by Gasteiger charge is 2.07. The lowest BCUT2D eigenvalue weighted by Gasteiger charge is -2.07. The minimum absolute atomic E-state index is 0.147. The number of hydrogen-bond donors (Lipinski definition) is 1. The molecule has 0 unspecified atom stereocenters. The van der Waals surface area contributed by atoms with Gasteiger partial charge in [-0.3, -0.25) is 9.78 Å². The van der Waals surface area contributed by atoms with Crippen molar-refractivity contribution < 1.29 is 4.79 Å². The fourth-order valence-corrected chi connectivity index (χ4v) is 3.44. The lowest BCUT2D eigenvalue weighted by Crippen LogP contribution is -2.18. The van der Waals surface area contributed by atoms with Crippen molar-refractivity contribution in [1.82, 2.24) is 10.3 Å². The molecule has 0 atom stereocenters. The van der Waals surface area contributed by atoms with Gasteiger partial charge in [-0.1, -0.05) is 66.4 Å². The van der Waals surface area contributed by atoms with Crippen molar-refractivity contribution in [1.29, 1.82) is 0 Å². The number of thioether (sulfide) groups is 1. The molecule has 3 rings (SSSR count). The molecule has 5 heteroatoms. The van der Waals surface area contributed by atoms with Crippen LogP contribution in [0.5, 0.6) is 0 Å². The zero-order valence-corrected chi connectivity index (χ0v) is 15.3. The number of aromatic nitrogens is 1. The summed E-state index contributed by atoms with van der Waals surface area (Å²) in [5, 5.41) is 5.42. The molecule has 0 fully saturated rings. The number of carbonyl (C=O) groups excluding carboxylic acids is 1. The van der Waals surface area contributed by atoms with Gasteiger partial charge >= 0.3 is 0 Å². The van der Waals surface area contributed by atoms with Gasteiger partial charge in [-0.05, 0) is 28.5 Å². The third kappa shape index (κ3) is 5.11. The number of Topliss-reactive ketones (excluding diaryl/α,β-unsaturated/α-hetero) is 1. The lowest BCUT2D eigenvalue weighted by atomic mass is 10.0. The third-order valence-electron chi connectivity index (χ3n) is 3.79. The van der Waals surface area contributed by atoms with Gasteiger partial charge in [0.15, 0.2) is 5.78 Å². The van der Waals surface area contributed by atoms with E-state index in [2.05, 4.69) is 10.3 Å². The summed E-state index contributed by atoms with van der Waals surface area (Å²) in [6.07, 6.45) is 4.02. The maximum Gasteiger partial charge on any atom is 0.163 e. The lowest BCUT2D eigenvalue weighted by molar-refractivity contribution is 0.0989. The molecule has 0 aliphatic rings. The first-order chi connectivity index (χ1) is 12.2. The molecule has 2 aromatic carbocycles. The van der Waals surface area contributed by atoms with Gasteiger partial charge in [0, 0.05) is 36.7 Å². The van der Waals surface area contributed by atoms with Gasteiger partial charge in [0.2, 0.25) is 0 Å².